The van der Waals surface area contributed by atoms with Crippen LogP contribution in [0, 0.1) is 0 Å². The number of amides is 2. The van der Waals surface area contributed by atoms with Gasteiger partial charge in [0.1, 0.15) is 10.8 Å². The first-order valence-corrected chi connectivity index (χ1v) is 11.6. The third-order valence-corrected chi connectivity index (χ3v) is 5.95. The van der Waals surface area contributed by atoms with Crippen molar-refractivity contribution in [2.75, 3.05) is 29.6 Å². The van der Waals surface area contributed by atoms with Gasteiger partial charge in [-0.1, -0.05) is 11.3 Å². The number of pyridine rings is 1. The Morgan fingerprint density at radius 1 is 0.971 bits per heavy atom. The van der Waals surface area contributed by atoms with E-state index in [9.17, 15) is 9.59 Å². The molecule has 0 radical (unpaired) electrons. The molecule has 9 nitrogen and oxygen atoms in total. The van der Waals surface area contributed by atoms with Gasteiger partial charge in [0.15, 0.2) is 10.8 Å². The normalized spacial score (nSPS) is 10.4. The van der Waals surface area contributed by atoms with Crippen LogP contribution >= 0.6 is 11.3 Å². The van der Waals surface area contributed by atoms with Crippen LogP contribution in [-0.4, -0.2) is 35.4 Å². The van der Waals surface area contributed by atoms with E-state index >= 15 is 0 Å². The Bertz CT molecular complexity index is 1290. The zero-order chi connectivity index (χ0) is 24.6. The Labute approximate surface area is 206 Å². The van der Waals surface area contributed by atoms with Gasteiger partial charge in [-0.05, 0) is 72.6 Å². The number of hydrogen-bond acceptors (Lipinski definition) is 8. The number of benzene rings is 2. The summed E-state index contributed by atoms with van der Waals surface area (Å²) >= 11 is 1.12. The molecule has 10 heteroatoms. The minimum absolute atomic E-state index is 0.00578. The molecule has 0 atom stereocenters. The van der Waals surface area contributed by atoms with Crippen LogP contribution < -0.4 is 26.4 Å². The second-order valence-electron chi connectivity index (χ2n) is 7.48. The molecule has 5 N–H and O–H groups in total. The number of aromatic nitrogens is 2. The summed E-state index contributed by atoms with van der Waals surface area (Å²) in [4.78, 5) is 32.9. The Morgan fingerprint density at radius 2 is 1.66 bits per heavy atom. The molecule has 0 aliphatic rings. The molecule has 0 unspecified atom stereocenters. The summed E-state index contributed by atoms with van der Waals surface area (Å²) in [6, 6.07) is 18.3. The second-order valence-corrected chi connectivity index (χ2v) is 8.48. The van der Waals surface area contributed by atoms with Gasteiger partial charge in [-0.25, -0.2) is 4.98 Å². The predicted molar refractivity (Wildman–Crippen MR) is 138 cm³/mol. The molecule has 0 saturated heterocycles. The number of ether oxygens (including phenoxy) is 1. The minimum atomic E-state index is -0.729. The van der Waals surface area contributed by atoms with Crippen molar-refractivity contribution in [3.05, 3.63) is 89.9 Å². The lowest BCUT2D eigenvalue weighted by molar-refractivity contribution is 0.0997. The fourth-order valence-corrected chi connectivity index (χ4v) is 4.12. The summed E-state index contributed by atoms with van der Waals surface area (Å²) in [5, 5.41) is 9.88. The topological polar surface area (TPSA) is 131 Å². The molecule has 2 heterocycles. The number of anilines is 4. The summed E-state index contributed by atoms with van der Waals surface area (Å²) in [5.41, 5.74) is 8.76. The quantitative estimate of drug-likeness (QED) is 0.262. The van der Waals surface area contributed by atoms with E-state index < -0.39 is 5.91 Å². The summed E-state index contributed by atoms with van der Waals surface area (Å²) in [7, 11) is 1.59. The number of primary amides is 1. The molecule has 0 aliphatic carbocycles. The molecule has 0 bridgehead atoms. The number of carbonyl (C=O) groups excluding carboxylic acids is 2. The zero-order valence-corrected chi connectivity index (χ0v) is 19.8. The van der Waals surface area contributed by atoms with Crippen molar-refractivity contribution >= 4 is 44.7 Å². The number of nitrogens with two attached hydrogens (primary N) is 1. The predicted octanol–water partition coefficient (Wildman–Crippen LogP) is 4.30. The van der Waals surface area contributed by atoms with Crippen LogP contribution in [0.15, 0.2) is 73.1 Å². The van der Waals surface area contributed by atoms with Crippen LogP contribution in [0.2, 0.25) is 0 Å². The van der Waals surface area contributed by atoms with Gasteiger partial charge in [0.05, 0.1) is 7.11 Å². The van der Waals surface area contributed by atoms with E-state index in [1.54, 1.807) is 43.8 Å². The molecule has 0 spiro atoms. The van der Waals surface area contributed by atoms with Crippen LogP contribution in [0.4, 0.5) is 21.5 Å². The number of methoxy groups -OCH3 is 1. The van der Waals surface area contributed by atoms with E-state index in [1.807, 2.05) is 36.4 Å². The minimum Gasteiger partial charge on any atom is -0.497 e. The molecule has 0 aliphatic heterocycles. The number of nitrogens with one attached hydrogen (secondary N) is 3. The van der Waals surface area contributed by atoms with Crippen molar-refractivity contribution in [1.82, 2.24) is 9.97 Å². The highest BCUT2D eigenvalue weighted by Crippen LogP contribution is 2.31. The number of carbonyl (C=O) groups is 2. The van der Waals surface area contributed by atoms with Crippen LogP contribution in [-0.2, 0) is 6.42 Å². The smallest absolute Gasteiger partial charge is 0.270 e. The van der Waals surface area contributed by atoms with Crippen molar-refractivity contribution in [1.29, 1.82) is 0 Å². The Hall–Kier alpha value is -4.44. The average Bonchev–Trinajstić information content (AvgIpc) is 3.28. The van der Waals surface area contributed by atoms with Crippen molar-refractivity contribution in [3.8, 4) is 5.75 Å². The van der Waals surface area contributed by atoms with Crippen molar-refractivity contribution < 1.29 is 14.3 Å². The summed E-state index contributed by atoms with van der Waals surface area (Å²) in [5.74, 6) is -0.376. The molecule has 4 rings (SSSR count). The fourth-order valence-electron chi connectivity index (χ4n) is 3.24. The molecular formula is C25H24N6O3S. The highest BCUT2D eigenvalue weighted by atomic mass is 32.1. The van der Waals surface area contributed by atoms with E-state index in [1.165, 1.54) is 5.56 Å². The lowest BCUT2D eigenvalue weighted by atomic mass is 10.1. The van der Waals surface area contributed by atoms with Gasteiger partial charge in [-0.3, -0.25) is 14.6 Å². The first-order valence-electron chi connectivity index (χ1n) is 10.8. The molecule has 178 valence electrons. The van der Waals surface area contributed by atoms with Gasteiger partial charge in [0.25, 0.3) is 11.8 Å². The molecule has 0 fully saturated rings. The molecule has 2 amide bonds. The molecule has 2 aromatic carbocycles. The Kier molecular flexibility index (Phi) is 7.53. The third kappa shape index (κ3) is 6.33. The largest absolute Gasteiger partial charge is 0.497 e. The third-order valence-electron chi connectivity index (χ3n) is 5.07. The molecule has 0 saturated carbocycles. The van der Waals surface area contributed by atoms with Gasteiger partial charge >= 0.3 is 0 Å². The van der Waals surface area contributed by atoms with Crippen molar-refractivity contribution in [2.24, 2.45) is 5.73 Å². The maximum Gasteiger partial charge on any atom is 0.270 e. The lowest BCUT2D eigenvalue weighted by Crippen LogP contribution is -2.17. The zero-order valence-electron chi connectivity index (χ0n) is 18.9. The van der Waals surface area contributed by atoms with Crippen LogP contribution in [0.1, 0.15) is 26.4 Å². The second kappa shape index (κ2) is 11.1. The van der Waals surface area contributed by atoms with E-state index in [0.29, 0.717) is 10.7 Å². The van der Waals surface area contributed by atoms with Crippen molar-refractivity contribution in [3.63, 3.8) is 0 Å². The lowest BCUT2D eigenvalue weighted by Gasteiger charge is -2.08. The monoisotopic (exact) mass is 488 g/mol. The van der Waals surface area contributed by atoms with Gasteiger partial charge in [-0.15, -0.1) is 0 Å². The van der Waals surface area contributed by atoms with Crippen LogP contribution in [0.5, 0.6) is 5.75 Å². The van der Waals surface area contributed by atoms with E-state index in [4.69, 9.17) is 10.5 Å². The molecule has 2 aromatic heterocycles. The Balaban J connectivity index is 1.38. The van der Waals surface area contributed by atoms with Gasteiger partial charge in [0, 0.05) is 35.9 Å². The fraction of sp³-hybridized carbons (Fsp3) is 0.120. The number of nitrogens with zero attached hydrogens (tertiary/aromatic N) is 2. The average molecular weight is 489 g/mol. The molecular weight excluding hydrogens is 464 g/mol. The van der Waals surface area contributed by atoms with Crippen LogP contribution in [0.25, 0.3) is 0 Å². The van der Waals surface area contributed by atoms with Gasteiger partial charge in [0.2, 0.25) is 0 Å². The Morgan fingerprint density at radius 3 is 2.31 bits per heavy atom. The highest BCUT2D eigenvalue weighted by molar-refractivity contribution is 7.20. The number of hydrogen-bond donors (Lipinski definition) is 4. The summed E-state index contributed by atoms with van der Waals surface area (Å²) in [6.07, 6.45) is 4.40. The van der Waals surface area contributed by atoms with Crippen molar-refractivity contribution in [2.45, 2.75) is 6.42 Å². The highest BCUT2D eigenvalue weighted by Gasteiger charge is 2.19. The standard InChI is InChI=1S/C25H24N6O3S/c1-34-20-8-6-19(7-9-20)29-25-30-21(22(26)32)24(35-25)31-23(33)17-2-4-18(5-3-17)28-15-12-16-10-13-27-14-11-16/h2-11,13-14,28H,12,15H2,1H3,(H2,26,32)(H,29,30)(H,31,33). The van der Waals surface area contributed by atoms with Gasteiger partial charge in [-0.2, -0.15) is 0 Å². The SMILES string of the molecule is COc1ccc(Nc2nc(C(N)=O)c(NC(=O)c3ccc(NCCc4ccncc4)cc3)s2)cc1. The number of rotatable bonds is 10. The maximum absolute atomic E-state index is 12.8. The first kappa shape index (κ1) is 23.7. The summed E-state index contributed by atoms with van der Waals surface area (Å²) < 4.78 is 5.15. The van der Waals surface area contributed by atoms with Crippen LogP contribution in [0.3, 0.4) is 0 Å². The van der Waals surface area contributed by atoms with E-state index in [2.05, 4.69) is 25.9 Å². The maximum atomic E-state index is 12.8. The number of thiazole rings is 1. The molecule has 35 heavy (non-hydrogen) atoms. The van der Waals surface area contributed by atoms with E-state index in [-0.39, 0.29) is 16.6 Å². The molecule has 4 aromatic rings. The van der Waals surface area contributed by atoms with E-state index in [0.717, 1.165) is 41.4 Å². The summed E-state index contributed by atoms with van der Waals surface area (Å²) in [6.45, 7) is 0.752. The van der Waals surface area contributed by atoms with Gasteiger partial charge < -0.3 is 26.4 Å². The first-order chi connectivity index (χ1) is 17.0.